The first-order chi connectivity index (χ1) is 8.21. The van der Waals surface area contributed by atoms with Crippen molar-refractivity contribution in [2.75, 3.05) is 6.54 Å². The highest BCUT2D eigenvalue weighted by atomic mass is 35.7. The summed E-state index contributed by atoms with van der Waals surface area (Å²) in [5.41, 5.74) is 0.0963. The summed E-state index contributed by atoms with van der Waals surface area (Å²) in [4.78, 5) is 11.7. The third-order valence-electron chi connectivity index (χ3n) is 2.13. The first-order valence-corrected chi connectivity index (χ1v) is 7.93. The molecule has 7 heteroatoms. The van der Waals surface area contributed by atoms with Gasteiger partial charge < -0.3 is 5.32 Å². The van der Waals surface area contributed by atoms with E-state index >= 15 is 0 Å². The van der Waals surface area contributed by atoms with Crippen molar-refractivity contribution in [3.63, 3.8) is 0 Å². The number of hydrogen-bond acceptors (Lipinski definition) is 3. The molecule has 0 aliphatic rings. The Balaban J connectivity index is 3.05. The number of amides is 1. The van der Waals surface area contributed by atoms with Gasteiger partial charge in [-0.25, -0.2) is 8.42 Å². The molecular formula is C11H13Cl2NO3S. The number of rotatable bonds is 4. The Labute approximate surface area is 116 Å². The lowest BCUT2D eigenvalue weighted by atomic mass is 10.2. The van der Waals surface area contributed by atoms with Crippen molar-refractivity contribution in [2.24, 2.45) is 5.92 Å². The summed E-state index contributed by atoms with van der Waals surface area (Å²) in [5, 5.41) is 2.84. The van der Waals surface area contributed by atoms with Gasteiger partial charge in [-0.05, 0) is 24.1 Å². The van der Waals surface area contributed by atoms with Crippen molar-refractivity contribution in [3.05, 3.63) is 28.8 Å². The lowest BCUT2D eigenvalue weighted by Gasteiger charge is -2.09. The molecule has 0 heterocycles. The molecule has 0 aliphatic heterocycles. The summed E-state index contributed by atoms with van der Waals surface area (Å²) in [6.07, 6.45) is 0. The van der Waals surface area contributed by atoms with Crippen LogP contribution in [-0.4, -0.2) is 20.9 Å². The molecule has 0 fully saturated rings. The Hall–Kier alpha value is -0.780. The molecule has 0 saturated heterocycles. The first kappa shape index (κ1) is 15.3. The minimum absolute atomic E-state index is 0.0963. The van der Waals surface area contributed by atoms with Crippen LogP contribution in [0.2, 0.25) is 5.02 Å². The minimum atomic E-state index is -3.87. The maximum Gasteiger partial charge on any atom is 0.261 e. The molecule has 0 atom stereocenters. The van der Waals surface area contributed by atoms with Crippen LogP contribution >= 0.6 is 22.3 Å². The van der Waals surface area contributed by atoms with Crippen LogP contribution in [0.1, 0.15) is 24.2 Å². The molecule has 0 aliphatic carbocycles. The second-order valence-corrected chi connectivity index (χ2v) is 7.16. The molecule has 100 valence electrons. The molecule has 0 radical (unpaired) electrons. The van der Waals surface area contributed by atoms with Gasteiger partial charge in [0.1, 0.15) is 0 Å². The maximum atomic E-state index is 11.8. The van der Waals surface area contributed by atoms with Crippen LogP contribution in [0.25, 0.3) is 0 Å². The van der Waals surface area contributed by atoms with E-state index in [1.165, 1.54) is 18.2 Å². The monoisotopic (exact) mass is 309 g/mol. The minimum Gasteiger partial charge on any atom is -0.352 e. The molecule has 4 nitrogen and oxygen atoms in total. The van der Waals surface area contributed by atoms with E-state index in [1.807, 2.05) is 13.8 Å². The molecule has 18 heavy (non-hydrogen) atoms. The SMILES string of the molecule is CC(C)CNC(=O)c1cc(S(=O)(=O)Cl)ccc1Cl. The summed E-state index contributed by atoms with van der Waals surface area (Å²) < 4.78 is 22.4. The molecule has 0 spiro atoms. The van der Waals surface area contributed by atoms with Gasteiger partial charge in [0.2, 0.25) is 0 Å². The van der Waals surface area contributed by atoms with E-state index in [1.54, 1.807) is 0 Å². The van der Waals surface area contributed by atoms with Gasteiger partial charge in [-0.3, -0.25) is 4.79 Å². The van der Waals surface area contributed by atoms with Gasteiger partial charge in [-0.2, -0.15) is 0 Å². The lowest BCUT2D eigenvalue weighted by molar-refractivity contribution is 0.0949. The molecule has 0 aromatic heterocycles. The van der Waals surface area contributed by atoms with E-state index in [0.29, 0.717) is 6.54 Å². The number of hydrogen-bond donors (Lipinski definition) is 1. The molecule has 0 saturated carbocycles. The van der Waals surface area contributed by atoms with Crippen LogP contribution in [0, 0.1) is 5.92 Å². The zero-order valence-electron chi connectivity index (χ0n) is 9.91. The van der Waals surface area contributed by atoms with E-state index in [-0.39, 0.29) is 21.4 Å². The van der Waals surface area contributed by atoms with E-state index in [0.717, 1.165) is 0 Å². The zero-order chi connectivity index (χ0) is 13.9. The van der Waals surface area contributed by atoms with Gasteiger partial charge in [0, 0.05) is 17.2 Å². The van der Waals surface area contributed by atoms with Crippen molar-refractivity contribution in [1.29, 1.82) is 0 Å². The number of nitrogens with one attached hydrogen (secondary N) is 1. The smallest absolute Gasteiger partial charge is 0.261 e. The standard InChI is InChI=1S/C11H13Cl2NO3S/c1-7(2)6-14-11(15)9-5-8(18(13,16)17)3-4-10(9)12/h3-5,7H,6H2,1-2H3,(H,14,15). The third-order valence-corrected chi connectivity index (χ3v) is 3.82. The molecule has 1 amide bonds. The van der Waals surface area contributed by atoms with E-state index < -0.39 is 15.0 Å². The molecule has 1 rings (SSSR count). The molecular weight excluding hydrogens is 297 g/mol. The number of halogens is 2. The summed E-state index contributed by atoms with van der Waals surface area (Å²) in [5.74, 6) is -0.136. The predicted octanol–water partition coefficient (Wildman–Crippen LogP) is 2.65. The Morgan fingerprint density at radius 2 is 2.00 bits per heavy atom. The normalized spacial score (nSPS) is 11.6. The topological polar surface area (TPSA) is 63.2 Å². The van der Waals surface area contributed by atoms with Gasteiger partial charge in [-0.15, -0.1) is 0 Å². The average Bonchev–Trinajstić information content (AvgIpc) is 2.24. The molecule has 0 unspecified atom stereocenters. The third kappa shape index (κ3) is 4.15. The Morgan fingerprint density at radius 3 is 2.50 bits per heavy atom. The zero-order valence-corrected chi connectivity index (χ0v) is 12.2. The second-order valence-electron chi connectivity index (χ2n) is 4.18. The number of carbonyl (C=O) groups is 1. The van der Waals surface area contributed by atoms with Crippen molar-refractivity contribution >= 4 is 37.2 Å². The van der Waals surface area contributed by atoms with E-state index in [9.17, 15) is 13.2 Å². The second kappa shape index (κ2) is 5.91. The van der Waals surface area contributed by atoms with Gasteiger partial charge in [0.25, 0.3) is 15.0 Å². The average molecular weight is 310 g/mol. The highest BCUT2D eigenvalue weighted by Gasteiger charge is 2.16. The van der Waals surface area contributed by atoms with Crippen molar-refractivity contribution in [2.45, 2.75) is 18.7 Å². The molecule has 1 aromatic rings. The summed E-state index contributed by atoms with van der Waals surface area (Å²) in [6, 6.07) is 3.76. The van der Waals surface area contributed by atoms with Crippen LogP contribution < -0.4 is 5.32 Å². The van der Waals surface area contributed by atoms with Gasteiger partial charge >= 0.3 is 0 Å². The quantitative estimate of drug-likeness (QED) is 0.870. The Morgan fingerprint density at radius 1 is 1.39 bits per heavy atom. The highest BCUT2D eigenvalue weighted by molar-refractivity contribution is 8.13. The number of benzene rings is 1. The Bertz CT molecular complexity index is 555. The predicted molar refractivity (Wildman–Crippen MR) is 71.7 cm³/mol. The van der Waals surface area contributed by atoms with Crippen LogP contribution in [0.4, 0.5) is 0 Å². The first-order valence-electron chi connectivity index (χ1n) is 5.24. The van der Waals surface area contributed by atoms with E-state index in [2.05, 4.69) is 5.32 Å². The highest BCUT2D eigenvalue weighted by Crippen LogP contribution is 2.22. The van der Waals surface area contributed by atoms with Crippen LogP contribution in [0.5, 0.6) is 0 Å². The van der Waals surface area contributed by atoms with Crippen molar-refractivity contribution < 1.29 is 13.2 Å². The van der Waals surface area contributed by atoms with Gasteiger partial charge in [-0.1, -0.05) is 25.4 Å². The summed E-state index contributed by atoms with van der Waals surface area (Å²) >= 11 is 5.86. The van der Waals surface area contributed by atoms with Crippen LogP contribution in [0.15, 0.2) is 23.1 Å². The summed E-state index contributed by atoms with van der Waals surface area (Å²) in [6.45, 7) is 4.37. The molecule has 0 bridgehead atoms. The van der Waals surface area contributed by atoms with Crippen molar-refractivity contribution in [1.82, 2.24) is 5.32 Å². The maximum absolute atomic E-state index is 11.8. The van der Waals surface area contributed by atoms with Gasteiger partial charge in [0.15, 0.2) is 0 Å². The van der Waals surface area contributed by atoms with Crippen LogP contribution in [-0.2, 0) is 9.05 Å². The molecule has 1 aromatic carbocycles. The summed E-state index contributed by atoms with van der Waals surface area (Å²) in [7, 11) is 1.34. The van der Waals surface area contributed by atoms with E-state index in [4.69, 9.17) is 22.3 Å². The van der Waals surface area contributed by atoms with Gasteiger partial charge in [0.05, 0.1) is 15.5 Å². The van der Waals surface area contributed by atoms with Crippen LogP contribution in [0.3, 0.4) is 0 Å². The lowest BCUT2D eigenvalue weighted by Crippen LogP contribution is -2.27. The number of carbonyl (C=O) groups excluding carboxylic acids is 1. The fourth-order valence-corrected chi connectivity index (χ4v) is 2.20. The largest absolute Gasteiger partial charge is 0.352 e. The Kier molecular flexibility index (Phi) is 5.01. The van der Waals surface area contributed by atoms with Crippen molar-refractivity contribution in [3.8, 4) is 0 Å². The molecule has 1 N–H and O–H groups in total. The fourth-order valence-electron chi connectivity index (χ4n) is 1.22. The fraction of sp³-hybridized carbons (Fsp3) is 0.364.